The number of hydrogen-bond donors (Lipinski definition) is 2. The molecule has 3 atom stereocenters. The summed E-state index contributed by atoms with van der Waals surface area (Å²) in [6, 6.07) is 5.89. The second kappa shape index (κ2) is 14.7. The molecular weight excluding hydrogens is 578 g/mol. The first kappa shape index (κ1) is 33.6. The van der Waals surface area contributed by atoms with E-state index in [1.807, 2.05) is 26.0 Å². The number of hydrogen-bond acceptors (Lipinski definition) is 9. The monoisotopic (exact) mass is 623 g/mol. The summed E-state index contributed by atoms with van der Waals surface area (Å²) in [4.78, 5) is 53.8. The van der Waals surface area contributed by atoms with Gasteiger partial charge in [-0.3, -0.25) is 19.2 Å². The van der Waals surface area contributed by atoms with E-state index in [1.165, 1.54) is 21.1 Å². The van der Waals surface area contributed by atoms with Crippen LogP contribution in [0.5, 0.6) is 17.2 Å². The van der Waals surface area contributed by atoms with Crippen molar-refractivity contribution in [3.05, 3.63) is 45.6 Å². The number of rotatable bonds is 10. The molecule has 2 amide bonds. The predicted molar refractivity (Wildman–Crippen MR) is 171 cm³/mol. The fourth-order valence-electron chi connectivity index (χ4n) is 6.38. The Labute approximate surface area is 264 Å². The van der Waals surface area contributed by atoms with E-state index in [4.69, 9.17) is 18.9 Å². The molecule has 0 radical (unpaired) electrons. The van der Waals surface area contributed by atoms with Gasteiger partial charge >= 0.3 is 5.97 Å². The summed E-state index contributed by atoms with van der Waals surface area (Å²) in [5.74, 6) is 0.531. The highest BCUT2D eigenvalue weighted by Gasteiger charge is 2.34. The van der Waals surface area contributed by atoms with Gasteiger partial charge in [0.25, 0.3) is 0 Å². The number of methoxy groups -OCH3 is 4. The van der Waals surface area contributed by atoms with Crippen molar-refractivity contribution in [1.82, 2.24) is 10.2 Å². The van der Waals surface area contributed by atoms with Gasteiger partial charge in [0, 0.05) is 25.6 Å². The second-order valence-electron chi connectivity index (χ2n) is 11.7. The van der Waals surface area contributed by atoms with Crippen LogP contribution in [0.3, 0.4) is 0 Å². The van der Waals surface area contributed by atoms with E-state index in [9.17, 15) is 19.2 Å². The number of carbonyl (C=O) groups excluding carboxylic acids is 3. The number of benzene rings is 1. The van der Waals surface area contributed by atoms with Crippen molar-refractivity contribution < 1.29 is 33.3 Å². The molecule has 2 aliphatic rings. The fraction of sp³-hybridized carbons (Fsp3) is 0.529. The van der Waals surface area contributed by atoms with E-state index in [0.717, 1.165) is 11.1 Å². The van der Waals surface area contributed by atoms with Gasteiger partial charge in [0.05, 0.1) is 46.1 Å². The van der Waals surface area contributed by atoms with Crippen LogP contribution in [0.25, 0.3) is 11.1 Å². The van der Waals surface area contributed by atoms with Crippen molar-refractivity contribution in [3.63, 3.8) is 0 Å². The highest BCUT2D eigenvalue weighted by atomic mass is 16.5. The smallest absolute Gasteiger partial charge is 0.308 e. The number of aryl methyl sites for hydroxylation is 1. The maximum atomic E-state index is 13.9. The van der Waals surface area contributed by atoms with Gasteiger partial charge in [-0.05, 0) is 66.5 Å². The molecule has 0 aromatic heterocycles. The van der Waals surface area contributed by atoms with Crippen LogP contribution in [0.4, 0.5) is 5.69 Å². The zero-order chi connectivity index (χ0) is 32.8. The quantitative estimate of drug-likeness (QED) is 0.376. The van der Waals surface area contributed by atoms with E-state index >= 15 is 0 Å². The van der Waals surface area contributed by atoms with Crippen LogP contribution in [0.2, 0.25) is 0 Å². The lowest BCUT2D eigenvalue weighted by molar-refractivity contribution is -0.149. The molecule has 1 aliphatic heterocycles. The van der Waals surface area contributed by atoms with Crippen molar-refractivity contribution in [2.45, 2.75) is 65.0 Å². The zero-order valence-corrected chi connectivity index (χ0v) is 27.3. The first-order valence-corrected chi connectivity index (χ1v) is 15.5. The van der Waals surface area contributed by atoms with Gasteiger partial charge in [-0.1, -0.05) is 26.3 Å². The molecule has 45 heavy (non-hydrogen) atoms. The molecular formula is C34H45N3O8. The van der Waals surface area contributed by atoms with Gasteiger partial charge in [-0.2, -0.15) is 0 Å². The molecule has 1 heterocycles. The average molecular weight is 624 g/mol. The number of ether oxygens (including phenoxy) is 4. The Balaban J connectivity index is 1.80. The third-order valence-corrected chi connectivity index (χ3v) is 9.05. The Hall–Kier alpha value is -4.28. The minimum absolute atomic E-state index is 0.0803. The molecule has 1 fully saturated rings. The van der Waals surface area contributed by atoms with Crippen LogP contribution >= 0.6 is 0 Å². The minimum Gasteiger partial charge on any atom is -0.493 e. The topological polar surface area (TPSA) is 132 Å². The van der Waals surface area contributed by atoms with E-state index in [0.29, 0.717) is 73.6 Å². The molecule has 1 aliphatic carbocycles. The average Bonchev–Trinajstić information content (AvgIpc) is 3.29. The fourth-order valence-corrected chi connectivity index (χ4v) is 6.38. The number of nitrogens with one attached hydrogen (secondary N) is 2. The summed E-state index contributed by atoms with van der Waals surface area (Å²) in [6.45, 7) is 6.31. The number of piperidine rings is 1. The van der Waals surface area contributed by atoms with Crippen molar-refractivity contribution in [2.75, 3.05) is 46.8 Å². The summed E-state index contributed by atoms with van der Waals surface area (Å²) in [6.07, 6.45) is 2.91. The van der Waals surface area contributed by atoms with Crippen molar-refractivity contribution in [2.24, 2.45) is 11.8 Å². The lowest BCUT2D eigenvalue weighted by Crippen LogP contribution is -2.50. The lowest BCUT2D eigenvalue weighted by atomic mass is 9.93. The molecule has 244 valence electrons. The highest BCUT2D eigenvalue weighted by Crippen LogP contribution is 2.50. The number of carbonyl (C=O) groups is 3. The van der Waals surface area contributed by atoms with Crippen molar-refractivity contribution >= 4 is 23.5 Å². The normalized spacial score (nSPS) is 17.5. The van der Waals surface area contributed by atoms with Gasteiger partial charge in [-0.25, -0.2) is 0 Å². The third-order valence-electron chi connectivity index (χ3n) is 9.05. The molecule has 0 unspecified atom stereocenters. The Bertz CT molecular complexity index is 1480. The molecule has 4 rings (SSSR count). The van der Waals surface area contributed by atoms with Crippen LogP contribution in [0, 0.1) is 11.8 Å². The number of anilines is 1. The Morgan fingerprint density at radius 2 is 1.67 bits per heavy atom. The van der Waals surface area contributed by atoms with Crippen LogP contribution in [0.15, 0.2) is 29.1 Å². The SMILES string of the molecule is CC[C@H](C)[C@H](Nc1ccc2c(cc1=O)[C@@H](NC(C)=O)CCc1cc(OC)c(OC)c(OC)c1-2)C(=O)N1CCC(C(=O)OC)CC1. The molecule has 0 bridgehead atoms. The van der Waals surface area contributed by atoms with Gasteiger partial charge in [0.15, 0.2) is 11.5 Å². The second-order valence-corrected chi connectivity index (χ2v) is 11.7. The Morgan fingerprint density at radius 1 is 0.978 bits per heavy atom. The van der Waals surface area contributed by atoms with Gasteiger partial charge in [0.2, 0.25) is 23.0 Å². The van der Waals surface area contributed by atoms with Crippen molar-refractivity contribution in [1.29, 1.82) is 0 Å². The van der Waals surface area contributed by atoms with Crippen LogP contribution < -0.4 is 30.3 Å². The van der Waals surface area contributed by atoms with E-state index in [2.05, 4.69) is 10.6 Å². The number of amides is 2. The van der Waals surface area contributed by atoms with Gasteiger partial charge in [-0.15, -0.1) is 0 Å². The molecule has 2 aromatic carbocycles. The largest absolute Gasteiger partial charge is 0.493 e. The number of likely N-dealkylation sites (tertiary alicyclic amines) is 1. The number of esters is 1. The first-order valence-electron chi connectivity index (χ1n) is 15.5. The third kappa shape index (κ3) is 7.02. The molecule has 2 aromatic rings. The van der Waals surface area contributed by atoms with Gasteiger partial charge < -0.3 is 34.5 Å². The number of nitrogens with zero attached hydrogens (tertiary/aromatic N) is 1. The summed E-state index contributed by atoms with van der Waals surface area (Å²) >= 11 is 0. The van der Waals surface area contributed by atoms with E-state index in [1.54, 1.807) is 31.3 Å². The maximum Gasteiger partial charge on any atom is 0.308 e. The highest BCUT2D eigenvalue weighted by molar-refractivity contribution is 5.86. The summed E-state index contributed by atoms with van der Waals surface area (Å²) in [5, 5.41) is 6.31. The lowest BCUT2D eigenvalue weighted by Gasteiger charge is -2.35. The molecule has 2 N–H and O–H groups in total. The van der Waals surface area contributed by atoms with E-state index in [-0.39, 0.29) is 40.7 Å². The number of fused-ring (bicyclic) bond motifs is 3. The maximum absolute atomic E-state index is 13.9. The Morgan fingerprint density at radius 3 is 2.24 bits per heavy atom. The first-order chi connectivity index (χ1) is 21.6. The van der Waals surface area contributed by atoms with Crippen molar-refractivity contribution in [3.8, 4) is 28.4 Å². The summed E-state index contributed by atoms with van der Waals surface area (Å²) < 4.78 is 22.0. The van der Waals surface area contributed by atoms with Crippen LogP contribution in [-0.4, -0.2) is 70.3 Å². The minimum atomic E-state index is -0.656. The Kier molecular flexibility index (Phi) is 11.0. The van der Waals surface area contributed by atoms with Crippen LogP contribution in [-0.2, 0) is 25.5 Å². The molecule has 0 saturated carbocycles. The molecule has 11 nitrogen and oxygen atoms in total. The zero-order valence-electron chi connectivity index (χ0n) is 27.3. The van der Waals surface area contributed by atoms with Gasteiger partial charge in [0.1, 0.15) is 6.04 Å². The standard InChI is InChI=1S/C34H45N3O8/c1-8-19(2)30(33(40)37-15-13-21(14-16-37)34(41)45-7)36-26-12-10-23-24(18-27(26)39)25(35-20(3)38)11-9-22-17-28(42-4)31(43-5)32(44-6)29(22)23/h10,12,17-19,21,25,30H,8-9,11,13-16H2,1-7H3,(H,35,38)(H,36,39)/t19-,25-,30-/m0/s1. The summed E-state index contributed by atoms with van der Waals surface area (Å²) in [5.41, 5.74) is 3.00. The molecule has 1 saturated heterocycles. The van der Waals surface area contributed by atoms with E-state index < -0.39 is 12.1 Å². The predicted octanol–water partition coefficient (Wildman–Crippen LogP) is 4.10. The molecule has 11 heteroatoms. The summed E-state index contributed by atoms with van der Waals surface area (Å²) in [7, 11) is 6.03. The molecule has 0 spiro atoms. The van der Waals surface area contributed by atoms with Crippen LogP contribution in [0.1, 0.15) is 63.6 Å².